The van der Waals surface area contributed by atoms with E-state index in [2.05, 4.69) is 5.32 Å². The van der Waals surface area contributed by atoms with E-state index in [4.69, 9.17) is 0 Å². The van der Waals surface area contributed by atoms with Gasteiger partial charge in [-0.1, -0.05) is 6.07 Å². The average Bonchev–Trinajstić information content (AvgIpc) is 2.13. The minimum atomic E-state index is -4.26. The van der Waals surface area contributed by atoms with Crippen molar-refractivity contribution in [2.45, 2.75) is 32.1 Å². The van der Waals surface area contributed by atoms with Gasteiger partial charge in [-0.15, -0.1) is 0 Å². The summed E-state index contributed by atoms with van der Waals surface area (Å²) >= 11 is 0. The number of rotatable bonds is 4. The largest absolute Gasteiger partial charge is 0.390 e. The normalized spacial score (nSPS) is 13.8. The molecule has 0 aliphatic carbocycles. The van der Waals surface area contributed by atoms with Gasteiger partial charge in [0.05, 0.1) is 6.42 Å². The molecular weight excluding hydrogens is 241 g/mol. The van der Waals surface area contributed by atoms with E-state index in [9.17, 15) is 22.0 Å². The highest BCUT2D eigenvalue weighted by Crippen LogP contribution is 2.21. The molecule has 0 amide bonds. The Balaban J connectivity index is 2.50. The Labute approximate surface area is 95.6 Å². The Morgan fingerprint density at radius 1 is 1.24 bits per heavy atom. The molecule has 6 heteroatoms. The monoisotopic (exact) mass is 253 g/mol. The molecule has 0 saturated carbocycles. The molecule has 0 fully saturated rings. The van der Waals surface area contributed by atoms with E-state index in [1.54, 1.807) is 0 Å². The summed E-state index contributed by atoms with van der Waals surface area (Å²) in [6.07, 6.45) is -5.25. The molecule has 0 radical (unpaired) electrons. The van der Waals surface area contributed by atoms with Crippen molar-refractivity contribution in [1.29, 1.82) is 0 Å². The maximum atomic E-state index is 13.1. The topological polar surface area (TPSA) is 12.0 Å². The fourth-order valence-corrected chi connectivity index (χ4v) is 1.37. The van der Waals surface area contributed by atoms with E-state index in [-0.39, 0.29) is 12.1 Å². The van der Waals surface area contributed by atoms with Crippen LogP contribution in [-0.4, -0.2) is 12.2 Å². The number of hydrogen-bond acceptors (Lipinski definition) is 1. The van der Waals surface area contributed by atoms with Gasteiger partial charge >= 0.3 is 6.18 Å². The van der Waals surface area contributed by atoms with Crippen molar-refractivity contribution in [1.82, 2.24) is 5.32 Å². The minimum Gasteiger partial charge on any atom is -0.310 e. The zero-order valence-electron chi connectivity index (χ0n) is 9.11. The summed E-state index contributed by atoms with van der Waals surface area (Å²) in [4.78, 5) is 0. The van der Waals surface area contributed by atoms with Crippen LogP contribution in [0, 0.1) is 11.6 Å². The van der Waals surface area contributed by atoms with Crippen LogP contribution >= 0.6 is 0 Å². The number of nitrogens with one attached hydrogen (secondary N) is 1. The maximum Gasteiger partial charge on any atom is 0.390 e. The predicted molar refractivity (Wildman–Crippen MR) is 53.3 cm³/mol. The summed E-state index contributed by atoms with van der Waals surface area (Å²) in [5.41, 5.74) is 0.139. The lowest BCUT2D eigenvalue weighted by Crippen LogP contribution is -2.30. The zero-order valence-corrected chi connectivity index (χ0v) is 9.11. The summed E-state index contributed by atoms with van der Waals surface area (Å²) in [5.74, 6) is -1.48. The molecule has 0 aromatic heterocycles. The van der Waals surface area contributed by atoms with Crippen LogP contribution in [0.5, 0.6) is 0 Å². The lowest BCUT2D eigenvalue weighted by molar-refractivity contribution is -0.139. The molecule has 1 N–H and O–H groups in total. The van der Waals surface area contributed by atoms with Crippen LogP contribution in [0.2, 0.25) is 0 Å². The molecule has 1 aromatic rings. The van der Waals surface area contributed by atoms with Crippen LogP contribution in [0.1, 0.15) is 18.9 Å². The smallest absolute Gasteiger partial charge is 0.310 e. The fraction of sp³-hybridized carbons (Fsp3) is 0.455. The molecule has 0 bridgehead atoms. The molecule has 1 nitrogen and oxygen atoms in total. The Morgan fingerprint density at radius 3 is 2.41 bits per heavy atom. The van der Waals surface area contributed by atoms with Crippen LogP contribution < -0.4 is 5.32 Å². The van der Waals surface area contributed by atoms with Gasteiger partial charge in [0.1, 0.15) is 11.6 Å². The first-order valence-corrected chi connectivity index (χ1v) is 5.02. The van der Waals surface area contributed by atoms with Crippen molar-refractivity contribution in [3.8, 4) is 0 Å². The summed E-state index contributed by atoms with van der Waals surface area (Å²) < 4.78 is 61.7. The van der Waals surface area contributed by atoms with E-state index < -0.39 is 30.3 Å². The number of alkyl halides is 3. The van der Waals surface area contributed by atoms with Crippen LogP contribution in [0.25, 0.3) is 0 Å². The molecule has 1 aromatic carbocycles. The zero-order chi connectivity index (χ0) is 13.1. The quantitative estimate of drug-likeness (QED) is 0.811. The average molecular weight is 253 g/mol. The Hall–Kier alpha value is -1.17. The van der Waals surface area contributed by atoms with E-state index in [0.29, 0.717) is 6.07 Å². The second-order valence-electron chi connectivity index (χ2n) is 3.84. The van der Waals surface area contributed by atoms with Gasteiger partial charge in [-0.2, -0.15) is 13.2 Å². The molecule has 0 aliphatic heterocycles. The van der Waals surface area contributed by atoms with Crippen molar-refractivity contribution in [2.24, 2.45) is 0 Å². The van der Waals surface area contributed by atoms with Crippen molar-refractivity contribution in [2.75, 3.05) is 0 Å². The van der Waals surface area contributed by atoms with Crippen molar-refractivity contribution >= 4 is 0 Å². The summed E-state index contributed by atoms with van der Waals surface area (Å²) in [5, 5.41) is 2.53. The van der Waals surface area contributed by atoms with E-state index in [0.717, 1.165) is 6.07 Å². The third kappa shape index (κ3) is 5.12. The standard InChI is InChI=1S/C11H12F5N/c1-7(5-11(14,15)16)17-6-8-2-3-9(12)4-10(8)13/h2-4,7,17H,5-6H2,1H3. The van der Waals surface area contributed by atoms with Gasteiger partial charge in [0.15, 0.2) is 0 Å². The first kappa shape index (κ1) is 13.9. The summed E-state index contributed by atoms with van der Waals surface area (Å²) in [7, 11) is 0. The van der Waals surface area contributed by atoms with Gasteiger partial charge in [0.25, 0.3) is 0 Å². The number of halogens is 5. The Bertz CT molecular complexity index is 375. The highest BCUT2D eigenvalue weighted by molar-refractivity contribution is 5.18. The SMILES string of the molecule is CC(CC(F)(F)F)NCc1ccc(F)cc1F. The van der Waals surface area contributed by atoms with Crippen LogP contribution in [0.4, 0.5) is 22.0 Å². The van der Waals surface area contributed by atoms with Gasteiger partial charge < -0.3 is 5.32 Å². The Morgan fingerprint density at radius 2 is 1.88 bits per heavy atom. The molecule has 1 rings (SSSR count). The van der Waals surface area contributed by atoms with Crippen molar-refractivity contribution < 1.29 is 22.0 Å². The third-order valence-corrected chi connectivity index (χ3v) is 2.19. The summed E-state index contributed by atoms with van der Waals surface area (Å²) in [6.45, 7) is 1.29. The van der Waals surface area contributed by atoms with Gasteiger partial charge in [-0.3, -0.25) is 0 Å². The summed E-state index contributed by atoms with van der Waals surface area (Å²) in [6, 6.07) is 2.15. The highest BCUT2D eigenvalue weighted by atomic mass is 19.4. The molecule has 0 saturated heterocycles. The molecule has 1 atom stereocenters. The van der Waals surface area contributed by atoms with E-state index in [1.807, 2.05) is 0 Å². The Kier molecular flexibility index (Phi) is 4.45. The van der Waals surface area contributed by atoms with Gasteiger partial charge in [0.2, 0.25) is 0 Å². The van der Waals surface area contributed by atoms with Gasteiger partial charge in [-0.05, 0) is 13.0 Å². The minimum absolute atomic E-state index is 0.0661. The predicted octanol–water partition coefficient (Wildman–Crippen LogP) is 3.40. The van der Waals surface area contributed by atoms with Crippen molar-refractivity contribution in [3.63, 3.8) is 0 Å². The first-order chi connectivity index (χ1) is 7.78. The third-order valence-electron chi connectivity index (χ3n) is 2.19. The van der Waals surface area contributed by atoms with Gasteiger partial charge in [-0.25, -0.2) is 8.78 Å². The van der Waals surface area contributed by atoms with Gasteiger partial charge in [0, 0.05) is 24.2 Å². The molecule has 17 heavy (non-hydrogen) atoms. The lowest BCUT2D eigenvalue weighted by atomic mass is 10.1. The molecule has 96 valence electrons. The number of benzene rings is 1. The van der Waals surface area contributed by atoms with Crippen LogP contribution in [-0.2, 0) is 6.54 Å². The van der Waals surface area contributed by atoms with Crippen molar-refractivity contribution in [3.05, 3.63) is 35.4 Å². The molecular formula is C11H12F5N. The van der Waals surface area contributed by atoms with Crippen LogP contribution in [0.3, 0.4) is 0 Å². The fourth-order valence-electron chi connectivity index (χ4n) is 1.37. The lowest BCUT2D eigenvalue weighted by Gasteiger charge is -2.16. The van der Waals surface area contributed by atoms with E-state index in [1.165, 1.54) is 13.0 Å². The first-order valence-electron chi connectivity index (χ1n) is 5.02. The highest BCUT2D eigenvalue weighted by Gasteiger charge is 2.29. The maximum absolute atomic E-state index is 13.1. The molecule has 1 unspecified atom stereocenters. The molecule has 0 spiro atoms. The molecule has 0 aliphatic rings. The van der Waals surface area contributed by atoms with E-state index >= 15 is 0 Å². The van der Waals surface area contributed by atoms with Crippen LogP contribution in [0.15, 0.2) is 18.2 Å². The second-order valence-corrected chi connectivity index (χ2v) is 3.84. The number of hydrogen-bond donors (Lipinski definition) is 1. The molecule has 0 heterocycles. The second kappa shape index (κ2) is 5.44.